The van der Waals surface area contributed by atoms with Gasteiger partial charge in [-0.2, -0.15) is 0 Å². The van der Waals surface area contributed by atoms with Gasteiger partial charge in [-0.15, -0.1) is 0 Å². The number of rotatable bonds is 6. The van der Waals surface area contributed by atoms with Gasteiger partial charge in [-0.1, -0.05) is 17.7 Å². The van der Waals surface area contributed by atoms with Gasteiger partial charge in [-0.3, -0.25) is 14.5 Å². The number of anilines is 1. The Morgan fingerprint density at radius 1 is 1.18 bits per heavy atom. The topological polar surface area (TPSA) is 61.4 Å². The molecule has 22 heavy (non-hydrogen) atoms. The lowest BCUT2D eigenvalue weighted by atomic mass is 10.1. The summed E-state index contributed by atoms with van der Waals surface area (Å²) in [6, 6.07) is 3.86. The summed E-state index contributed by atoms with van der Waals surface area (Å²) in [6.45, 7) is 7.93. The number of nitrogens with zero attached hydrogens (tertiary/aromatic N) is 1. The molecule has 0 saturated carbocycles. The number of halogens is 1. The van der Waals surface area contributed by atoms with Crippen LogP contribution < -0.4 is 10.6 Å². The predicted octanol–water partition coefficient (Wildman–Crippen LogP) is 2.35. The molecule has 0 radical (unpaired) electrons. The number of carbonyl (C=O) groups is 2. The van der Waals surface area contributed by atoms with Crippen LogP contribution in [0.4, 0.5) is 5.69 Å². The molecule has 0 unspecified atom stereocenters. The van der Waals surface area contributed by atoms with Crippen molar-refractivity contribution in [1.29, 1.82) is 0 Å². The molecule has 1 aromatic rings. The highest BCUT2D eigenvalue weighted by atomic mass is 35.5. The van der Waals surface area contributed by atoms with Gasteiger partial charge in [-0.05, 0) is 51.9 Å². The van der Waals surface area contributed by atoms with Crippen molar-refractivity contribution in [3.05, 3.63) is 28.3 Å². The molecular formula is C16H24ClN3O2. The number of benzene rings is 1. The molecule has 0 aromatic heterocycles. The summed E-state index contributed by atoms with van der Waals surface area (Å²) in [4.78, 5) is 25.4. The third-order valence-corrected chi connectivity index (χ3v) is 3.27. The van der Waals surface area contributed by atoms with Crippen LogP contribution in [0.5, 0.6) is 0 Å². The number of carbonyl (C=O) groups excluding carboxylic acids is 2. The Labute approximate surface area is 137 Å². The van der Waals surface area contributed by atoms with Gasteiger partial charge >= 0.3 is 0 Å². The molecule has 2 amide bonds. The van der Waals surface area contributed by atoms with Crippen LogP contribution in [0.3, 0.4) is 0 Å². The lowest BCUT2D eigenvalue weighted by Crippen LogP contribution is -2.41. The number of hydrogen-bond donors (Lipinski definition) is 2. The van der Waals surface area contributed by atoms with Crippen LogP contribution in [-0.4, -0.2) is 42.9 Å². The number of amides is 2. The van der Waals surface area contributed by atoms with E-state index in [1.807, 2.05) is 39.8 Å². The van der Waals surface area contributed by atoms with E-state index in [2.05, 4.69) is 10.6 Å². The summed E-state index contributed by atoms with van der Waals surface area (Å²) >= 11 is 6.16. The van der Waals surface area contributed by atoms with Crippen molar-refractivity contribution in [3.63, 3.8) is 0 Å². The summed E-state index contributed by atoms with van der Waals surface area (Å²) in [5.74, 6) is -0.302. The van der Waals surface area contributed by atoms with Crippen molar-refractivity contribution in [2.45, 2.75) is 33.7 Å². The van der Waals surface area contributed by atoms with Gasteiger partial charge in [0, 0.05) is 6.04 Å². The average molecular weight is 326 g/mol. The molecule has 0 spiro atoms. The highest BCUT2D eigenvalue weighted by molar-refractivity contribution is 6.34. The lowest BCUT2D eigenvalue weighted by molar-refractivity contribution is -0.123. The third kappa shape index (κ3) is 6.03. The summed E-state index contributed by atoms with van der Waals surface area (Å²) < 4.78 is 0. The van der Waals surface area contributed by atoms with Crippen LogP contribution in [0.1, 0.15) is 25.0 Å². The zero-order valence-electron chi connectivity index (χ0n) is 13.8. The van der Waals surface area contributed by atoms with Crippen LogP contribution in [-0.2, 0) is 9.59 Å². The normalized spacial score (nSPS) is 10.9. The largest absolute Gasteiger partial charge is 0.353 e. The molecule has 0 aliphatic heterocycles. The Morgan fingerprint density at radius 2 is 1.77 bits per heavy atom. The maximum absolute atomic E-state index is 12.1. The zero-order chi connectivity index (χ0) is 16.9. The van der Waals surface area contributed by atoms with Crippen molar-refractivity contribution >= 4 is 29.1 Å². The molecule has 0 aliphatic carbocycles. The minimum atomic E-state index is -0.200. The molecule has 1 aromatic carbocycles. The SMILES string of the molecule is Cc1cc(C)c(NC(=O)CN(C)CC(=O)NC(C)C)c(Cl)c1. The summed E-state index contributed by atoms with van der Waals surface area (Å²) in [6.07, 6.45) is 0. The Morgan fingerprint density at radius 3 is 2.32 bits per heavy atom. The number of nitrogens with one attached hydrogen (secondary N) is 2. The Balaban J connectivity index is 2.58. The first-order chi connectivity index (χ1) is 10.2. The highest BCUT2D eigenvalue weighted by Crippen LogP contribution is 2.27. The van der Waals surface area contributed by atoms with Gasteiger partial charge in [0.2, 0.25) is 11.8 Å². The zero-order valence-corrected chi connectivity index (χ0v) is 14.5. The summed E-state index contributed by atoms with van der Waals surface area (Å²) in [7, 11) is 1.73. The van der Waals surface area contributed by atoms with E-state index in [1.165, 1.54) is 0 Å². The van der Waals surface area contributed by atoms with E-state index in [-0.39, 0.29) is 30.9 Å². The van der Waals surface area contributed by atoms with E-state index < -0.39 is 0 Å². The molecule has 1 rings (SSSR count). The Bertz CT molecular complexity index is 535. The standard InChI is InChI=1S/C16H24ClN3O2/c1-10(2)18-14(21)8-20(5)9-15(22)19-16-12(4)6-11(3)7-13(16)17/h6-7,10H,8-9H2,1-5H3,(H,18,21)(H,19,22). The fraction of sp³-hybridized carbons (Fsp3) is 0.500. The van der Waals surface area contributed by atoms with Crippen molar-refractivity contribution < 1.29 is 9.59 Å². The van der Waals surface area contributed by atoms with E-state index in [4.69, 9.17) is 11.6 Å². The van der Waals surface area contributed by atoms with Crippen LogP contribution in [0, 0.1) is 13.8 Å². The molecule has 0 fully saturated rings. The quantitative estimate of drug-likeness (QED) is 0.844. The van der Waals surface area contributed by atoms with E-state index in [1.54, 1.807) is 11.9 Å². The number of likely N-dealkylation sites (N-methyl/N-ethyl adjacent to an activating group) is 1. The van der Waals surface area contributed by atoms with Crippen molar-refractivity contribution in [3.8, 4) is 0 Å². The van der Waals surface area contributed by atoms with Gasteiger partial charge in [-0.25, -0.2) is 0 Å². The maximum atomic E-state index is 12.1. The van der Waals surface area contributed by atoms with Crippen LogP contribution in [0.2, 0.25) is 5.02 Å². The molecule has 0 heterocycles. The monoisotopic (exact) mass is 325 g/mol. The van der Waals surface area contributed by atoms with Gasteiger partial charge < -0.3 is 10.6 Å². The summed E-state index contributed by atoms with van der Waals surface area (Å²) in [5, 5.41) is 6.11. The van der Waals surface area contributed by atoms with Crippen molar-refractivity contribution in [2.75, 3.05) is 25.5 Å². The van der Waals surface area contributed by atoms with Crippen molar-refractivity contribution in [1.82, 2.24) is 10.2 Å². The smallest absolute Gasteiger partial charge is 0.238 e. The first-order valence-electron chi connectivity index (χ1n) is 7.23. The van der Waals surface area contributed by atoms with Gasteiger partial charge in [0.05, 0.1) is 23.8 Å². The number of hydrogen-bond acceptors (Lipinski definition) is 3. The molecule has 5 nitrogen and oxygen atoms in total. The van der Waals surface area contributed by atoms with E-state index in [0.717, 1.165) is 11.1 Å². The lowest BCUT2D eigenvalue weighted by Gasteiger charge is -2.18. The molecule has 122 valence electrons. The van der Waals surface area contributed by atoms with Gasteiger partial charge in [0.25, 0.3) is 0 Å². The molecule has 0 atom stereocenters. The fourth-order valence-corrected chi connectivity index (χ4v) is 2.54. The third-order valence-electron chi connectivity index (χ3n) is 2.97. The minimum absolute atomic E-state index is 0.0868. The van der Waals surface area contributed by atoms with Crippen molar-refractivity contribution in [2.24, 2.45) is 0 Å². The summed E-state index contributed by atoms with van der Waals surface area (Å²) in [5.41, 5.74) is 2.58. The molecule has 6 heteroatoms. The highest BCUT2D eigenvalue weighted by Gasteiger charge is 2.13. The first kappa shape index (κ1) is 18.5. The molecule has 2 N–H and O–H groups in total. The van der Waals surface area contributed by atoms with E-state index >= 15 is 0 Å². The molecule has 0 saturated heterocycles. The Kier molecular flexibility index (Phi) is 6.84. The van der Waals surface area contributed by atoms with E-state index in [9.17, 15) is 9.59 Å². The second-order valence-electron chi connectivity index (χ2n) is 5.88. The van der Waals surface area contributed by atoms with Gasteiger partial charge in [0.1, 0.15) is 0 Å². The second kappa shape index (κ2) is 8.15. The predicted molar refractivity (Wildman–Crippen MR) is 90.3 cm³/mol. The fourth-order valence-electron chi connectivity index (χ4n) is 2.17. The molecule has 0 bridgehead atoms. The first-order valence-corrected chi connectivity index (χ1v) is 7.61. The van der Waals surface area contributed by atoms with Gasteiger partial charge in [0.15, 0.2) is 0 Å². The van der Waals surface area contributed by atoms with Crippen LogP contribution in [0.15, 0.2) is 12.1 Å². The molecule has 0 aliphatic rings. The maximum Gasteiger partial charge on any atom is 0.238 e. The van der Waals surface area contributed by atoms with Crippen LogP contribution in [0.25, 0.3) is 0 Å². The Hall–Kier alpha value is -1.59. The number of aryl methyl sites for hydroxylation is 2. The van der Waals surface area contributed by atoms with Crippen LogP contribution >= 0.6 is 11.6 Å². The molecular weight excluding hydrogens is 302 g/mol. The van der Waals surface area contributed by atoms with E-state index in [0.29, 0.717) is 10.7 Å². The average Bonchev–Trinajstić information content (AvgIpc) is 2.31. The second-order valence-corrected chi connectivity index (χ2v) is 6.29. The minimum Gasteiger partial charge on any atom is -0.353 e.